The molecule has 2 aromatic rings. The highest BCUT2D eigenvalue weighted by Crippen LogP contribution is 2.15. The van der Waals surface area contributed by atoms with Gasteiger partial charge in [0.2, 0.25) is 0 Å². The molecule has 7 nitrogen and oxygen atoms in total. The summed E-state index contributed by atoms with van der Waals surface area (Å²) in [4.78, 5) is 26.0. The zero-order valence-electron chi connectivity index (χ0n) is 15.5. The lowest BCUT2D eigenvalue weighted by molar-refractivity contribution is 0.0373. The van der Waals surface area contributed by atoms with Crippen LogP contribution < -0.4 is 10.9 Å². The van der Waals surface area contributed by atoms with E-state index in [1.54, 1.807) is 13.1 Å². The molecule has 1 aliphatic rings. The van der Waals surface area contributed by atoms with Gasteiger partial charge in [0.05, 0.1) is 13.2 Å². The molecular formula is C19H27N5O2. The number of anilines is 1. The second-order valence-corrected chi connectivity index (χ2v) is 6.64. The van der Waals surface area contributed by atoms with E-state index in [1.165, 1.54) is 6.42 Å². The number of nitrogens with one attached hydrogen (secondary N) is 2. The summed E-state index contributed by atoms with van der Waals surface area (Å²) in [6.07, 6.45) is 4.01. The summed E-state index contributed by atoms with van der Waals surface area (Å²) >= 11 is 0. The van der Waals surface area contributed by atoms with Gasteiger partial charge < -0.3 is 15.0 Å². The lowest BCUT2D eigenvalue weighted by Gasteiger charge is -2.26. The maximum Gasteiger partial charge on any atom is 0.254 e. The molecule has 0 aromatic carbocycles. The third-order valence-corrected chi connectivity index (χ3v) is 4.74. The van der Waals surface area contributed by atoms with Crippen LogP contribution in [0, 0.1) is 13.8 Å². The maximum absolute atomic E-state index is 11.9. The SMILES string of the molecule is Cc1nc(-c2ccc(NCCCCN3CCOCC3)nc2)[nH]c(=O)c1C. The van der Waals surface area contributed by atoms with Crippen LogP contribution in [0.3, 0.4) is 0 Å². The maximum atomic E-state index is 11.9. The number of morpholine rings is 1. The molecule has 26 heavy (non-hydrogen) atoms. The molecule has 0 radical (unpaired) electrons. The zero-order chi connectivity index (χ0) is 18.4. The Morgan fingerprint density at radius 1 is 1.23 bits per heavy atom. The van der Waals surface area contributed by atoms with Crippen molar-refractivity contribution in [3.8, 4) is 11.4 Å². The van der Waals surface area contributed by atoms with E-state index in [0.29, 0.717) is 11.4 Å². The number of hydrogen-bond acceptors (Lipinski definition) is 6. The van der Waals surface area contributed by atoms with Gasteiger partial charge in [-0.25, -0.2) is 9.97 Å². The van der Waals surface area contributed by atoms with Crippen molar-refractivity contribution in [1.82, 2.24) is 19.9 Å². The molecule has 0 saturated carbocycles. The van der Waals surface area contributed by atoms with E-state index in [9.17, 15) is 4.79 Å². The van der Waals surface area contributed by atoms with E-state index in [-0.39, 0.29) is 5.56 Å². The Bertz CT molecular complexity index is 766. The van der Waals surface area contributed by atoms with Crippen LogP contribution in [0.25, 0.3) is 11.4 Å². The highest BCUT2D eigenvalue weighted by molar-refractivity contribution is 5.56. The number of rotatable bonds is 7. The summed E-state index contributed by atoms with van der Waals surface area (Å²) in [7, 11) is 0. The summed E-state index contributed by atoms with van der Waals surface area (Å²) in [6, 6.07) is 3.85. The quantitative estimate of drug-likeness (QED) is 0.737. The molecule has 0 bridgehead atoms. The molecule has 7 heteroatoms. The second kappa shape index (κ2) is 8.91. The molecule has 3 rings (SSSR count). The van der Waals surface area contributed by atoms with Gasteiger partial charge in [0.15, 0.2) is 0 Å². The molecule has 0 unspecified atom stereocenters. The topological polar surface area (TPSA) is 83.1 Å². The average molecular weight is 357 g/mol. The van der Waals surface area contributed by atoms with Crippen molar-refractivity contribution in [2.45, 2.75) is 26.7 Å². The number of aryl methyl sites for hydroxylation is 1. The van der Waals surface area contributed by atoms with Crippen molar-refractivity contribution in [3.63, 3.8) is 0 Å². The van der Waals surface area contributed by atoms with Crippen LogP contribution in [0.1, 0.15) is 24.1 Å². The number of aromatic nitrogens is 3. The molecule has 0 spiro atoms. The van der Waals surface area contributed by atoms with Crippen molar-refractivity contribution in [2.75, 3.05) is 44.7 Å². The zero-order valence-corrected chi connectivity index (χ0v) is 15.5. The largest absolute Gasteiger partial charge is 0.379 e. The van der Waals surface area contributed by atoms with Gasteiger partial charge in [0, 0.05) is 42.7 Å². The van der Waals surface area contributed by atoms with E-state index in [1.807, 2.05) is 19.1 Å². The molecule has 140 valence electrons. The smallest absolute Gasteiger partial charge is 0.254 e. The van der Waals surface area contributed by atoms with Crippen molar-refractivity contribution in [3.05, 3.63) is 39.9 Å². The Morgan fingerprint density at radius 2 is 2.04 bits per heavy atom. The van der Waals surface area contributed by atoms with E-state index in [2.05, 4.69) is 25.2 Å². The standard InChI is InChI=1S/C19H27N5O2/c1-14-15(2)22-18(23-19(14)25)16-5-6-17(21-13-16)20-7-3-4-8-24-9-11-26-12-10-24/h5-6,13H,3-4,7-12H2,1-2H3,(H,20,21)(H,22,23,25). The Labute approximate surface area is 153 Å². The first-order valence-electron chi connectivity index (χ1n) is 9.21. The monoisotopic (exact) mass is 357 g/mol. The van der Waals surface area contributed by atoms with E-state index in [4.69, 9.17) is 4.74 Å². The number of hydrogen-bond donors (Lipinski definition) is 2. The summed E-state index contributed by atoms with van der Waals surface area (Å²) < 4.78 is 5.36. The summed E-state index contributed by atoms with van der Waals surface area (Å²) in [5.41, 5.74) is 2.10. The first-order valence-corrected chi connectivity index (χ1v) is 9.21. The lowest BCUT2D eigenvalue weighted by atomic mass is 10.2. The molecule has 2 aromatic heterocycles. The molecule has 3 heterocycles. The Morgan fingerprint density at radius 3 is 2.73 bits per heavy atom. The van der Waals surface area contributed by atoms with Crippen molar-refractivity contribution >= 4 is 5.82 Å². The minimum atomic E-state index is -0.102. The van der Waals surface area contributed by atoms with E-state index in [0.717, 1.165) is 62.9 Å². The lowest BCUT2D eigenvalue weighted by Crippen LogP contribution is -2.36. The van der Waals surface area contributed by atoms with Crippen molar-refractivity contribution < 1.29 is 4.74 Å². The number of ether oxygens (including phenoxy) is 1. The van der Waals surface area contributed by atoms with E-state index >= 15 is 0 Å². The predicted molar refractivity (Wildman–Crippen MR) is 103 cm³/mol. The van der Waals surface area contributed by atoms with Gasteiger partial charge in [-0.15, -0.1) is 0 Å². The summed E-state index contributed by atoms with van der Waals surface area (Å²) in [6.45, 7) is 9.45. The number of nitrogens with zero attached hydrogens (tertiary/aromatic N) is 3. The average Bonchev–Trinajstić information content (AvgIpc) is 2.67. The molecule has 1 saturated heterocycles. The van der Waals surface area contributed by atoms with Gasteiger partial charge in [-0.1, -0.05) is 0 Å². The fourth-order valence-corrected chi connectivity index (χ4v) is 2.92. The summed E-state index contributed by atoms with van der Waals surface area (Å²) in [5.74, 6) is 1.40. The highest BCUT2D eigenvalue weighted by Gasteiger charge is 2.09. The molecular weight excluding hydrogens is 330 g/mol. The van der Waals surface area contributed by atoms with Gasteiger partial charge in [-0.3, -0.25) is 9.69 Å². The first-order chi connectivity index (χ1) is 12.6. The third kappa shape index (κ3) is 4.89. The van der Waals surface area contributed by atoms with Crippen LogP contribution >= 0.6 is 0 Å². The van der Waals surface area contributed by atoms with Crippen LogP contribution in [0.2, 0.25) is 0 Å². The van der Waals surface area contributed by atoms with E-state index < -0.39 is 0 Å². The Balaban J connectivity index is 1.46. The second-order valence-electron chi connectivity index (χ2n) is 6.64. The van der Waals surface area contributed by atoms with Crippen LogP contribution in [0.15, 0.2) is 23.1 Å². The van der Waals surface area contributed by atoms with Crippen LogP contribution in [0.5, 0.6) is 0 Å². The molecule has 1 fully saturated rings. The van der Waals surface area contributed by atoms with Crippen LogP contribution in [0.4, 0.5) is 5.82 Å². The molecule has 0 atom stereocenters. The van der Waals surface area contributed by atoms with Gasteiger partial charge >= 0.3 is 0 Å². The third-order valence-electron chi connectivity index (χ3n) is 4.74. The minimum absolute atomic E-state index is 0.102. The molecule has 2 N–H and O–H groups in total. The normalized spacial score (nSPS) is 15.2. The molecule has 0 aliphatic carbocycles. The number of aromatic amines is 1. The highest BCUT2D eigenvalue weighted by atomic mass is 16.5. The minimum Gasteiger partial charge on any atom is -0.379 e. The first kappa shape index (κ1) is 18.5. The van der Waals surface area contributed by atoms with Gasteiger partial charge in [0.1, 0.15) is 11.6 Å². The molecule has 0 amide bonds. The van der Waals surface area contributed by atoms with Crippen molar-refractivity contribution in [1.29, 1.82) is 0 Å². The fraction of sp³-hybridized carbons (Fsp3) is 0.526. The van der Waals surface area contributed by atoms with Gasteiger partial charge in [0.25, 0.3) is 5.56 Å². The fourth-order valence-electron chi connectivity index (χ4n) is 2.92. The number of pyridine rings is 1. The van der Waals surface area contributed by atoms with Crippen LogP contribution in [-0.4, -0.2) is 59.2 Å². The van der Waals surface area contributed by atoms with Gasteiger partial charge in [-0.2, -0.15) is 0 Å². The predicted octanol–water partition coefficient (Wildman–Crippen LogP) is 1.97. The van der Waals surface area contributed by atoms with Crippen molar-refractivity contribution in [2.24, 2.45) is 0 Å². The van der Waals surface area contributed by atoms with Gasteiger partial charge in [-0.05, 0) is 45.4 Å². The molecule has 1 aliphatic heterocycles. The number of H-pyrrole nitrogens is 1. The number of unbranched alkanes of at least 4 members (excludes halogenated alkanes) is 1. The Kier molecular flexibility index (Phi) is 6.35. The van der Waals surface area contributed by atoms with Crippen LogP contribution in [-0.2, 0) is 4.74 Å². The summed E-state index contributed by atoms with van der Waals surface area (Å²) in [5, 5.41) is 3.35. The Hall–Kier alpha value is -2.25.